The molecule has 0 bridgehead atoms. The molecule has 1 rings (SSSR count). The van der Waals surface area contributed by atoms with Crippen LogP contribution in [0.1, 0.15) is 25.2 Å². The summed E-state index contributed by atoms with van der Waals surface area (Å²) in [7, 11) is 1.77. The molecule has 0 aliphatic carbocycles. The van der Waals surface area contributed by atoms with E-state index in [1.54, 1.807) is 18.2 Å². The van der Waals surface area contributed by atoms with Gasteiger partial charge in [-0.2, -0.15) is 4.99 Å². The molecule has 6 heteroatoms. The molecule has 1 aromatic rings. The minimum absolute atomic E-state index is 0.0566. The largest absolute Gasteiger partial charge is 0.469 e. The van der Waals surface area contributed by atoms with E-state index in [4.69, 9.17) is 21.3 Å². The zero-order chi connectivity index (χ0) is 14.1. The number of hydrogen-bond acceptors (Lipinski definition) is 2. The van der Waals surface area contributed by atoms with Gasteiger partial charge in [0.15, 0.2) is 5.96 Å². The Morgan fingerprint density at radius 3 is 2.50 bits per heavy atom. The molecule has 5 N–H and O–H groups in total. The molecule has 102 valence electrons. The Hall–Kier alpha value is -1.98. The van der Waals surface area contributed by atoms with Crippen LogP contribution in [0.2, 0.25) is 0 Å². The zero-order valence-electron chi connectivity index (χ0n) is 11.5. The lowest BCUT2D eigenvalue weighted by Crippen LogP contribution is -2.31. The van der Waals surface area contributed by atoms with Gasteiger partial charge in [-0.3, -0.25) is 5.41 Å². The maximum atomic E-state index is 7.56. The van der Waals surface area contributed by atoms with Crippen molar-refractivity contribution in [2.24, 2.45) is 16.5 Å². The first-order valence-corrected chi connectivity index (χ1v) is 5.93. The first kappa shape index (κ1) is 16.0. The lowest BCUT2D eigenvalue weighted by molar-refractivity contribution is 0.490. The van der Waals surface area contributed by atoms with Crippen LogP contribution in [0.3, 0.4) is 0 Å². The molecule has 0 spiro atoms. The van der Waals surface area contributed by atoms with Gasteiger partial charge >= 0.3 is 0 Å². The predicted octanol–water partition coefficient (Wildman–Crippen LogP) is 1.30. The molecule has 18 heavy (non-hydrogen) atoms. The van der Waals surface area contributed by atoms with Crippen LogP contribution in [0.5, 0.6) is 0 Å². The number of hydrogen-bond donors (Lipinski definition) is 3. The maximum absolute atomic E-state index is 7.56. The molecular formula is C12H23N5O. The van der Waals surface area contributed by atoms with E-state index < -0.39 is 0 Å². The van der Waals surface area contributed by atoms with E-state index in [1.807, 2.05) is 26.8 Å². The van der Waals surface area contributed by atoms with E-state index in [-0.39, 0.29) is 11.9 Å². The second-order valence-corrected chi connectivity index (χ2v) is 3.53. The Labute approximate surface area is 108 Å². The molecule has 6 nitrogen and oxygen atoms in total. The molecule has 0 aliphatic heterocycles. The van der Waals surface area contributed by atoms with Crippen LogP contribution in [0.4, 0.5) is 0 Å². The standard InChI is InChI=1S/C10H17N5O.C2H6/c1-7-8(4-6-16-7)3-5-15(2)10(13)14-9(11)12;1-2/h4,6H,3,5H2,1-2H3,(H5,11,12,13,14);1-2H3. The summed E-state index contributed by atoms with van der Waals surface area (Å²) in [5.41, 5.74) is 11.5. The number of guanidine groups is 2. The van der Waals surface area contributed by atoms with Gasteiger partial charge in [-0.05, 0) is 25.0 Å². The number of aryl methyl sites for hydroxylation is 1. The van der Waals surface area contributed by atoms with Crippen LogP contribution in [0.25, 0.3) is 0 Å². The third-order valence-corrected chi connectivity index (χ3v) is 2.28. The van der Waals surface area contributed by atoms with Crippen molar-refractivity contribution in [1.29, 1.82) is 5.41 Å². The molecule has 1 aromatic heterocycles. The number of furan rings is 1. The van der Waals surface area contributed by atoms with Crippen molar-refractivity contribution in [3.8, 4) is 0 Å². The third-order valence-electron chi connectivity index (χ3n) is 2.28. The van der Waals surface area contributed by atoms with Crippen molar-refractivity contribution in [2.75, 3.05) is 13.6 Å². The molecule has 0 radical (unpaired) electrons. The van der Waals surface area contributed by atoms with Crippen LogP contribution < -0.4 is 11.5 Å². The highest BCUT2D eigenvalue weighted by molar-refractivity contribution is 5.91. The molecule has 1 heterocycles. The highest BCUT2D eigenvalue weighted by Gasteiger charge is 2.06. The van der Waals surface area contributed by atoms with E-state index >= 15 is 0 Å². The highest BCUT2D eigenvalue weighted by atomic mass is 16.3. The van der Waals surface area contributed by atoms with Gasteiger partial charge in [0.2, 0.25) is 5.96 Å². The molecule has 0 amide bonds. The fraction of sp³-hybridized carbons (Fsp3) is 0.500. The molecule has 0 fully saturated rings. The van der Waals surface area contributed by atoms with E-state index in [9.17, 15) is 0 Å². The number of aliphatic imine (C=N–C) groups is 1. The normalized spacial score (nSPS) is 9.11. The zero-order valence-corrected chi connectivity index (χ0v) is 11.5. The van der Waals surface area contributed by atoms with Crippen molar-refractivity contribution in [2.45, 2.75) is 27.2 Å². The smallest absolute Gasteiger partial charge is 0.220 e. The van der Waals surface area contributed by atoms with Gasteiger partial charge in [-0.25, -0.2) is 0 Å². The minimum Gasteiger partial charge on any atom is -0.469 e. The first-order valence-electron chi connectivity index (χ1n) is 5.93. The van der Waals surface area contributed by atoms with Crippen molar-refractivity contribution in [1.82, 2.24) is 4.90 Å². The van der Waals surface area contributed by atoms with Crippen molar-refractivity contribution < 1.29 is 4.42 Å². The lowest BCUT2D eigenvalue weighted by Gasteiger charge is -2.16. The summed E-state index contributed by atoms with van der Waals surface area (Å²) in [5.74, 6) is 0.860. The van der Waals surface area contributed by atoms with Gasteiger partial charge in [0, 0.05) is 13.6 Å². The average Bonchev–Trinajstić information content (AvgIpc) is 2.73. The van der Waals surface area contributed by atoms with E-state index in [1.165, 1.54) is 0 Å². The Kier molecular flexibility index (Phi) is 7.26. The van der Waals surface area contributed by atoms with E-state index in [0.29, 0.717) is 6.54 Å². The first-order chi connectivity index (χ1) is 8.50. The van der Waals surface area contributed by atoms with Crippen LogP contribution >= 0.6 is 0 Å². The fourth-order valence-electron chi connectivity index (χ4n) is 1.27. The van der Waals surface area contributed by atoms with Crippen LogP contribution in [0, 0.1) is 12.3 Å². The Bertz CT molecular complexity index is 393. The summed E-state index contributed by atoms with van der Waals surface area (Å²) in [6.45, 7) is 6.58. The van der Waals surface area contributed by atoms with Crippen LogP contribution in [-0.2, 0) is 6.42 Å². The van der Waals surface area contributed by atoms with Gasteiger partial charge in [-0.1, -0.05) is 13.8 Å². The molecule has 0 aromatic carbocycles. The van der Waals surface area contributed by atoms with E-state index in [0.717, 1.165) is 17.7 Å². The van der Waals surface area contributed by atoms with Gasteiger partial charge in [0.05, 0.1) is 6.26 Å². The molecule has 0 saturated carbocycles. The van der Waals surface area contributed by atoms with Gasteiger partial charge in [-0.15, -0.1) is 0 Å². The maximum Gasteiger partial charge on any atom is 0.220 e. The molecular weight excluding hydrogens is 230 g/mol. The highest BCUT2D eigenvalue weighted by Crippen LogP contribution is 2.09. The SMILES string of the molecule is CC.Cc1occc1CCN(C)C(=N)N=C(N)N. The molecule has 0 aliphatic rings. The average molecular weight is 253 g/mol. The number of nitrogens with one attached hydrogen (secondary N) is 1. The number of rotatable bonds is 3. The number of nitrogens with two attached hydrogens (primary N) is 2. The minimum atomic E-state index is -0.101. The van der Waals surface area contributed by atoms with Crippen molar-refractivity contribution in [3.63, 3.8) is 0 Å². The Morgan fingerprint density at radius 2 is 2.06 bits per heavy atom. The Balaban J connectivity index is 0.00000137. The van der Waals surface area contributed by atoms with Gasteiger partial charge in [0.1, 0.15) is 5.76 Å². The topological polar surface area (TPSA) is 105 Å². The summed E-state index contributed by atoms with van der Waals surface area (Å²) in [6, 6.07) is 1.92. The van der Waals surface area contributed by atoms with E-state index in [2.05, 4.69) is 4.99 Å². The Morgan fingerprint density at radius 1 is 1.44 bits per heavy atom. The summed E-state index contributed by atoms with van der Waals surface area (Å²) < 4.78 is 5.18. The second kappa shape index (κ2) is 8.16. The number of likely N-dealkylation sites (N-methyl/N-ethyl adjacent to an activating group) is 1. The summed E-state index contributed by atoms with van der Waals surface area (Å²) in [6.07, 6.45) is 2.45. The summed E-state index contributed by atoms with van der Waals surface area (Å²) >= 11 is 0. The van der Waals surface area contributed by atoms with Crippen LogP contribution in [0.15, 0.2) is 21.7 Å². The predicted molar refractivity (Wildman–Crippen MR) is 74.7 cm³/mol. The number of nitrogens with zero attached hydrogens (tertiary/aromatic N) is 2. The molecule has 0 unspecified atom stereocenters. The summed E-state index contributed by atoms with van der Waals surface area (Å²) in [4.78, 5) is 5.33. The van der Waals surface area contributed by atoms with Gasteiger partial charge in [0.25, 0.3) is 0 Å². The third kappa shape index (κ3) is 5.38. The monoisotopic (exact) mass is 253 g/mol. The molecule has 0 atom stereocenters. The lowest BCUT2D eigenvalue weighted by atomic mass is 10.2. The fourth-order valence-corrected chi connectivity index (χ4v) is 1.27. The van der Waals surface area contributed by atoms with Crippen molar-refractivity contribution in [3.05, 3.63) is 23.7 Å². The van der Waals surface area contributed by atoms with Crippen LogP contribution in [-0.4, -0.2) is 30.4 Å². The summed E-state index contributed by atoms with van der Waals surface area (Å²) in [5, 5.41) is 7.56. The van der Waals surface area contributed by atoms with Crippen molar-refractivity contribution >= 4 is 11.9 Å². The quantitative estimate of drug-likeness (QED) is 0.557. The molecule has 0 saturated heterocycles. The van der Waals surface area contributed by atoms with Gasteiger partial charge < -0.3 is 20.8 Å². The second-order valence-electron chi connectivity index (χ2n) is 3.53.